The van der Waals surface area contributed by atoms with Crippen molar-refractivity contribution >= 4 is 0 Å². The fraction of sp³-hybridized carbons (Fsp3) is 0.600. The molecule has 3 heteroatoms. The van der Waals surface area contributed by atoms with Crippen molar-refractivity contribution in [1.82, 2.24) is 10.2 Å². The summed E-state index contributed by atoms with van der Waals surface area (Å²) in [4.78, 5) is 2.27. The standard InChI is InChI=1S/C15H23FN2/c1-11-8-12(2)15(13(3)9-11)14(10-16)18-6-4-17-5-7-18/h8-9,14,17H,4-7,10H2,1-3H3/t14-/m0/s1. The van der Waals surface area contributed by atoms with Crippen LogP contribution in [-0.4, -0.2) is 37.8 Å². The number of piperazine rings is 1. The maximum Gasteiger partial charge on any atom is 0.109 e. The van der Waals surface area contributed by atoms with Gasteiger partial charge in [0.15, 0.2) is 0 Å². The highest BCUT2D eigenvalue weighted by Gasteiger charge is 2.24. The molecule has 0 saturated carbocycles. The topological polar surface area (TPSA) is 15.3 Å². The number of nitrogens with one attached hydrogen (secondary N) is 1. The number of benzene rings is 1. The van der Waals surface area contributed by atoms with Crippen molar-refractivity contribution in [3.63, 3.8) is 0 Å². The van der Waals surface area contributed by atoms with Crippen LogP contribution in [0, 0.1) is 20.8 Å². The van der Waals surface area contributed by atoms with E-state index in [1.54, 1.807) is 0 Å². The molecular formula is C15H23FN2. The molecule has 1 fully saturated rings. The van der Waals surface area contributed by atoms with Crippen molar-refractivity contribution in [2.75, 3.05) is 32.9 Å². The summed E-state index contributed by atoms with van der Waals surface area (Å²) < 4.78 is 13.5. The Labute approximate surface area is 109 Å². The largest absolute Gasteiger partial charge is 0.314 e. The van der Waals surface area contributed by atoms with Crippen LogP contribution in [0.25, 0.3) is 0 Å². The molecule has 18 heavy (non-hydrogen) atoms. The molecule has 2 nitrogen and oxygen atoms in total. The Bertz CT molecular complexity index is 388. The molecule has 1 aliphatic rings. The van der Waals surface area contributed by atoms with Crippen LogP contribution in [0.5, 0.6) is 0 Å². The summed E-state index contributed by atoms with van der Waals surface area (Å²) >= 11 is 0. The fourth-order valence-electron chi connectivity index (χ4n) is 3.07. The van der Waals surface area contributed by atoms with Crippen molar-refractivity contribution in [2.45, 2.75) is 26.8 Å². The number of halogens is 1. The molecule has 0 radical (unpaired) electrons. The average molecular weight is 250 g/mol. The van der Waals surface area contributed by atoms with E-state index in [0.29, 0.717) is 0 Å². The summed E-state index contributed by atoms with van der Waals surface area (Å²) in [6, 6.07) is 4.24. The molecule has 0 aliphatic carbocycles. The molecule has 0 bridgehead atoms. The first kappa shape index (κ1) is 13.5. The first-order valence-electron chi connectivity index (χ1n) is 6.72. The van der Waals surface area contributed by atoms with E-state index in [9.17, 15) is 4.39 Å². The van der Waals surface area contributed by atoms with Crippen LogP contribution in [0.1, 0.15) is 28.3 Å². The highest BCUT2D eigenvalue weighted by atomic mass is 19.1. The lowest BCUT2D eigenvalue weighted by Gasteiger charge is -2.35. The lowest BCUT2D eigenvalue weighted by atomic mass is 9.93. The summed E-state index contributed by atoms with van der Waals surface area (Å²) in [6.45, 7) is 9.77. The van der Waals surface area contributed by atoms with E-state index in [0.717, 1.165) is 26.2 Å². The van der Waals surface area contributed by atoms with Crippen LogP contribution < -0.4 is 5.32 Å². The SMILES string of the molecule is Cc1cc(C)c([C@H](CF)N2CCNCC2)c(C)c1. The number of alkyl halides is 1. The van der Waals surface area contributed by atoms with Gasteiger partial charge in [0.2, 0.25) is 0 Å². The van der Waals surface area contributed by atoms with Gasteiger partial charge in [0, 0.05) is 26.2 Å². The lowest BCUT2D eigenvalue weighted by Crippen LogP contribution is -2.46. The Kier molecular flexibility index (Phi) is 4.36. The Morgan fingerprint density at radius 1 is 1.17 bits per heavy atom. The van der Waals surface area contributed by atoms with E-state index in [4.69, 9.17) is 0 Å². The van der Waals surface area contributed by atoms with Crippen LogP contribution in [0.4, 0.5) is 4.39 Å². The Morgan fingerprint density at radius 2 is 1.72 bits per heavy atom. The van der Waals surface area contributed by atoms with Crippen molar-refractivity contribution in [2.24, 2.45) is 0 Å². The number of rotatable bonds is 3. The van der Waals surface area contributed by atoms with E-state index in [1.807, 2.05) is 0 Å². The zero-order valence-corrected chi connectivity index (χ0v) is 11.6. The second-order valence-corrected chi connectivity index (χ2v) is 5.27. The van der Waals surface area contributed by atoms with Gasteiger partial charge >= 0.3 is 0 Å². The second kappa shape index (κ2) is 5.81. The van der Waals surface area contributed by atoms with E-state index >= 15 is 0 Å². The van der Waals surface area contributed by atoms with Crippen LogP contribution >= 0.6 is 0 Å². The van der Waals surface area contributed by atoms with Gasteiger partial charge in [-0.1, -0.05) is 17.7 Å². The minimum atomic E-state index is -0.301. The Hall–Kier alpha value is -0.930. The molecular weight excluding hydrogens is 227 g/mol. The third-order valence-electron chi connectivity index (χ3n) is 3.81. The maximum absolute atomic E-state index is 13.5. The number of hydrogen-bond donors (Lipinski definition) is 1. The molecule has 1 N–H and O–H groups in total. The second-order valence-electron chi connectivity index (χ2n) is 5.27. The smallest absolute Gasteiger partial charge is 0.109 e. The van der Waals surface area contributed by atoms with Crippen molar-refractivity contribution in [3.05, 3.63) is 34.4 Å². The molecule has 0 unspecified atom stereocenters. The molecule has 100 valence electrons. The molecule has 2 rings (SSSR count). The fourth-order valence-corrected chi connectivity index (χ4v) is 3.07. The quantitative estimate of drug-likeness (QED) is 0.887. The van der Waals surface area contributed by atoms with Gasteiger partial charge in [-0.05, 0) is 37.5 Å². The van der Waals surface area contributed by atoms with Gasteiger partial charge in [0.1, 0.15) is 6.67 Å². The van der Waals surface area contributed by atoms with Gasteiger partial charge in [0.25, 0.3) is 0 Å². The highest BCUT2D eigenvalue weighted by molar-refractivity contribution is 5.39. The Morgan fingerprint density at radius 3 is 2.22 bits per heavy atom. The summed E-state index contributed by atoms with van der Waals surface area (Å²) in [6.07, 6.45) is 0. The van der Waals surface area contributed by atoms with E-state index in [-0.39, 0.29) is 12.7 Å². The van der Waals surface area contributed by atoms with E-state index < -0.39 is 0 Å². The van der Waals surface area contributed by atoms with Crippen LogP contribution in [-0.2, 0) is 0 Å². The van der Waals surface area contributed by atoms with Gasteiger partial charge in [-0.15, -0.1) is 0 Å². The minimum Gasteiger partial charge on any atom is -0.314 e. The monoisotopic (exact) mass is 250 g/mol. The first-order chi connectivity index (χ1) is 8.63. The minimum absolute atomic E-state index is 0.0762. The summed E-state index contributed by atoms with van der Waals surface area (Å²) in [5.41, 5.74) is 4.87. The molecule has 0 spiro atoms. The maximum atomic E-state index is 13.5. The van der Waals surface area contributed by atoms with Gasteiger partial charge in [-0.25, -0.2) is 4.39 Å². The normalized spacial score (nSPS) is 18.9. The average Bonchev–Trinajstić information content (AvgIpc) is 2.34. The Balaban J connectivity index is 2.32. The molecule has 0 aromatic heterocycles. The molecule has 0 amide bonds. The van der Waals surface area contributed by atoms with Crippen LogP contribution in [0.15, 0.2) is 12.1 Å². The van der Waals surface area contributed by atoms with Crippen molar-refractivity contribution < 1.29 is 4.39 Å². The third kappa shape index (κ3) is 2.73. The van der Waals surface area contributed by atoms with Gasteiger partial charge in [-0.2, -0.15) is 0 Å². The molecule has 1 aromatic rings. The number of hydrogen-bond acceptors (Lipinski definition) is 2. The lowest BCUT2D eigenvalue weighted by molar-refractivity contribution is 0.146. The van der Waals surface area contributed by atoms with Gasteiger partial charge in [-0.3, -0.25) is 4.90 Å². The van der Waals surface area contributed by atoms with Crippen molar-refractivity contribution in [1.29, 1.82) is 0 Å². The molecule has 1 heterocycles. The number of aryl methyl sites for hydroxylation is 3. The zero-order valence-electron chi connectivity index (χ0n) is 11.6. The predicted octanol–water partition coefficient (Wildman–Crippen LogP) is 2.53. The van der Waals surface area contributed by atoms with Gasteiger partial charge in [0.05, 0.1) is 6.04 Å². The highest BCUT2D eigenvalue weighted by Crippen LogP contribution is 2.28. The molecule has 1 aliphatic heterocycles. The van der Waals surface area contributed by atoms with Crippen LogP contribution in [0.2, 0.25) is 0 Å². The summed E-state index contributed by atoms with van der Waals surface area (Å²) in [5.74, 6) is 0. The van der Waals surface area contributed by atoms with E-state index in [1.165, 1.54) is 22.3 Å². The summed E-state index contributed by atoms with van der Waals surface area (Å²) in [7, 11) is 0. The first-order valence-corrected chi connectivity index (χ1v) is 6.72. The molecule has 1 aromatic carbocycles. The van der Waals surface area contributed by atoms with Gasteiger partial charge < -0.3 is 5.32 Å². The third-order valence-corrected chi connectivity index (χ3v) is 3.81. The number of nitrogens with zero attached hydrogens (tertiary/aromatic N) is 1. The molecule has 1 atom stereocenters. The predicted molar refractivity (Wildman–Crippen MR) is 73.8 cm³/mol. The summed E-state index contributed by atoms with van der Waals surface area (Å²) in [5, 5.41) is 3.32. The zero-order chi connectivity index (χ0) is 13.1. The van der Waals surface area contributed by atoms with Crippen LogP contribution in [0.3, 0.4) is 0 Å². The molecule has 1 saturated heterocycles. The van der Waals surface area contributed by atoms with Crippen molar-refractivity contribution in [3.8, 4) is 0 Å². The van der Waals surface area contributed by atoms with E-state index in [2.05, 4.69) is 43.1 Å².